The molecule has 2 rings (SSSR count). The average molecular weight is 276 g/mol. The summed E-state index contributed by atoms with van der Waals surface area (Å²) in [6.45, 7) is 0.824. The molecule has 4 nitrogen and oxygen atoms in total. The molecule has 104 valence electrons. The lowest BCUT2D eigenvalue weighted by atomic mass is 10.1. The summed E-state index contributed by atoms with van der Waals surface area (Å²) in [6, 6.07) is 4.92. The minimum atomic E-state index is -4.78. The number of carbonyl (C=O) groups excluding carboxylic acids is 1. The van der Waals surface area contributed by atoms with Gasteiger partial charge < -0.3 is 14.2 Å². The normalized spacial score (nSPS) is 16.6. The number of carbonyl (C=O) groups is 1. The van der Waals surface area contributed by atoms with Crippen LogP contribution in [0.3, 0.4) is 0 Å². The molecule has 0 radical (unpaired) electrons. The van der Waals surface area contributed by atoms with E-state index in [4.69, 9.17) is 9.47 Å². The highest BCUT2D eigenvalue weighted by molar-refractivity contribution is 5.96. The maximum absolute atomic E-state index is 12.1. The van der Waals surface area contributed by atoms with E-state index in [-0.39, 0.29) is 17.8 Å². The van der Waals surface area contributed by atoms with Gasteiger partial charge in [0.15, 0.2) is 12.1 Å². The lowest BCUT2D eigenvalue weighted by molar-refractivity contribution is -0.274. The maximum Gasteiger partial charge on any atom is 0.573 e. The lowest BCUT2D eigenvalue weighted by Crippen LogP contribution is -2.18. The van der Waals surface area contributed by atoms with Crippen molar-refractivity contribution in [2.24, 2.45) is 0 Å². The van der Waals surface area contributed by atoms with Crippen molar-refractivity contribution in [3.05, 3.63) is 29.8 Å². The van der Waals surface area contributed by atoms with E-state index in [1.807, 2.05) is 0 Å². The molecule has 1 aliphatic rings. The van der Waals surface area contributed by atoms with E-state index in [0.29, 0.717) is 13.2 Å². The van der Waals surface area contributed by atoms with Crippen LogP contribution in [0.25, 0.3) is 0 Å². The van der Waals surface area contributed by atoms with Crippen LogP contribution in [-0.4, -0.2) is 31.6 Å². The first kappa shape index (κ1) is 13.8. The molecule has 1 heterocycles. The highest BCUT2D eigenvalue weighted by Gasteiger charge is 2.31. The van der Waals surface area contributed by atoms with Crippen molar-refractivity contribution >= 4 is 5.78 Å². The predicted octanol–water partition coefficient (Wildman–Crippen LogP) is 2.53. The monoisotopic (exact) mass is 276 g/mol. The number of rotatable bonds is 4. The van der Waals surface area contributed by atoms with E-state index in [1.54, 1.807) is 0 Å². The Morgan fingerprint density at radius 2 is 2.00 bits per heavy atom. The molecule has 0 spiro atoms. The second kappa shape index (κ2) is 5.58. The van der Waals surface area contributed by atoms with Gasteiger partial charge in [-0.1, -0.05) is 12.1 Å². The average Bonchev–Trinajstić information content (AvgIpc) is 2.80. The molecule has 1 fully saturated rings. The molecule has 1 saturated heterocycles. The Kier molecular flexibility index (Phi) is 4.06. The molecule has 0 amide bonds. The maximum atomic E-state index is 12.1. The van der Waals surface area contributed by atoms with Crippen molar-refractivity contribution in [2.45, 2.75) is 19.1 Å². The van der Waals surface area contributed by atoms with E-state index in [1.165, 1.54) is 12.1 Å². The zero-order chi connectivity index (χ0) is 13.9. The van der Waals surface area contributed by atoms with Crippen molar-refractivity contribution in [3.63, 3.8) is 0 Å². The number of ether oxygens (including phenoxy) is 3. The topological polar surface area (TPSA) is 44.8 Å². The molecule has 0 unspecified atom stereocenters. The highest BCUT2D eigenvalue weighted by atomic mass is 19.4. The molecule has 1 aromatic carbocycles. The van der Waals surface area contributed by atoms with Crippen LogP contribution >= 0.6 is 0 Å². The van der Waals surface area contributed by atoms with Crippen molar-refractivity contribution in [1.29, 1.82) is 0 Å². The number of hydrogen-bond donors (Lipinski definition) is 0. The van der Waals surface area contributed by atoms with E-state index in [9.17, 15) is 18.0 Å². The SMILES string of the molecule is O=C(CC1OCCO1)c1cccc(OC(F)(F)F)c1. The highest BCUT2D eigenvalue weighted by Crippen LogP contribution is 2.24. The van der Waals surface area contributed by atoms with Crippen molar-refractivity contribution in [1.82, 2.24) is 0 Å². The van der Waals surface area contributed by atoms with E-state index in [2.05, 4.69) is 4.74 Å². The van der Waals surface area contributed by atoms with Crippen molar-refractivity contribution in [2.75, 3.05) is 13.2 Å². The summed E-state index contributed by atoms with van der Waals surface area (Å²) in [4.78, 5) is 11.8. The second-order valence-electron chi connectivity index (χ2n) is 3.87. The van der Waals surface area contributed by atoms with Crippen LogP contribution in [0, 0.1) is 0 Å². The molecule has 7 heteroatoms. The Hall–Kier alpha value is -1.60. The largest absolute Gasteiger partial charge is 0.573 e. The van der Waals surface area contributed by atoms with Gasteiger partial charge >= 0.3 is 6.36 Å². The fourth-order valence-corrected chi connectivity index (χ4v) is 1.66. The first-order chi connectivity index (χ1) is 8.94. The van der Waals surface area contributed by atoms with Crippen molar-refractivity contribution in [3.8, 4) is 5.75 Å². The van der Waals surface area contributed by atoms with Crippen LogP contribution in [0.4, 0.5) is 13.2 Å². The van der Waals surface area contributed by atoms with Gasteiger partial charge in [-0.15, -0.1) is 13.2 Å². The van der Waals surface area contributed by atoms with Gasteiger partial charge in [0, 0.05) is 5.56 Å². The van der Waals surface area contributed by atoms with E-state index in [0.717, 1.165) is 12.1 Å². The van der Waals surface area contributed by atoms with Gasteiger partial charge in [-0.05, 0) is 12.1 Å². The molecule has 1 aromatic rings. The summed E-state index contributed by atoms with van der Waals surface area (Å²) >= 11 is 0. The lowest BCUT2D eigenvalue weighted by Gasteiger charge is -2.11. The predicted molar refractivity (Wildman–Crippen MR) is 57.8 cm³/mol. The van der Waals surface area contributed by atoms with Gasteiger partial charge in [0.05, 0.1) is 19.6 Å². The van der Waals surface area contributed by atoms with Crippen LogP contribution < -0.4 is 4.74 Å². The minimum Gasteiger partial charge on any atom is -0.406 e. The molecule has 1 aliphatic heterocycles. The molecular formula is C12H11F3O4. The number of benzene rings is 1. The van der Waals surface area contributed by atoms with E-state index < -0.39 is 18.4 Å². The van der Waals surface area contributed by atoms with Crippen LogP contribution in [-0.2, 0) is 9.47 Å². The van der Waals surface area contributed by atoms with Crippen LogP contribution in [0.5, 0.6) is 5.75 Å². The first-order valence-electron chi connectivity index (χ1n) is 5.56. The number of halogens is 3. The first-order valence-corrected chi connectivity index (χ1v) is 5.56. The molecular weight excluding hydrogens is 265 g/mol. The molecule has 0 aliphatic carbocycles. The molecule has 0 N–H and O–H groups in total. The Bertz CT molecular complexity index is 453. The van der Waals surface area contributed by atoms with Crippen molar-refractivity contribution < 1.29 is 32.2 Å². The quantitative estimate of drug-likeness (QED) is 0.793. The molecule has 0 atom stereocenters. The third kappa shape index (κ3) is 4.22. The second-order valence-corrected chi connectivity index (χ2v) is 3.87. The van der Waals surface area contributed by atoms with Crippen LogP contribution in [0.1, 0.15) is 16.8 Å². The Morgan fingerprint density at radius 3 is 2.63 bits per heavy atom. The Balaban J connectivity index is 2.03. The summed E-state index contributed by atoms with van der Waals surface area (Å²) < 4.78 is 50.1. The van der Waals surface area contributed by atoms with E-state index >= 15 is 0 Å². The third-order valence-electron chi connectivity index (χ3n) is 2.43. The molecule has 0 aromatic heterocycles. The van der Waals surface area contributed by atoms with Gasteiger partial charge in [-0.2, -0.15) is 0 Å². The smallest absolute Gasteiger partial charge is 0.406 e. The van der Waals surface area contributed by atoms with Crippen LogP contribution in [0.15, 0.2) is 24.3 Å². The molecule has 0 saturated carbocycles. The van der Waals surface area contributed by atoms with Gasteiger partial charge in [0.1, 0.15) is 5.75 Å². The zero-order valence-corrected chi connectivity index (χ0v) is 9.77. The fraction of sp³-hybridized carbons (Fsp3) is 0.417. The third-order valence-corrected chi connectivity index (χ3v) is 2.43. The zero-order valence-electron chi connectivity index (χ0n) is 9.77. The summed E-state index contributed by atoms with van der Waals surface area (Å²) in [6.07, 6.45) is -5.44. The number of hydrogen-bond acceptors (Lipinski definition) is 4. The Morgan fingerprint density at radius 1 is 1.32 bits per heavy atom. The number of Topliss-reactive ketones (excluding diaryl/α,β-unsaturated/α-hetero) is 1. The van der Waals surface area contributed by atoms with Gasteiger partial charge in [0.25, 0.3) is 0 Å². The summed E-state index contributed by atoms with van der Waals surface area (Å²) in [7, 11) is 0. The van der Waals surface area contributed by atoms with Gasteiger partial charge in [0.2, 0.25) is 0 Å². The van der Waals surface area contributed by atoms with Gasteiger partial charge in [-0.25, -0.2) is 0 Å². The summed E-state index contributed by atoms with van der Waals surface area (Å²) in [5.41, 5.74) is 0.126. The fourth-order valence-electron chi connectivity index (χ4n) is 1.66. The van der Waals surface area contributed by atoms with Gasteiger partial charge in [-0.3, -0.25) is 4.79 Å². The molecule has 19 heavy (non-hydrogen) atoms. The number of ketones is 1. The summed E-state index contributed by atoms with van der Waals surface area (Å²) in [5.74, 6) is -0.786. The van der Waals surface area contributed by atoms with Crippen LogP contribution in [0.2, 0.25) is 0 Å². The Labute approximate surface area is 107 Å². The summed E-state index contributed by atoms with van der Waals surface area (Å²) in [5, 5.41) is 0. The minimum absolute atomic E-state index is 0.0323. The molecule has 0 bridgehead atoms. The number of alkyl halides is 3. The standard InChI is InChI=1S/C12H11F3O4/c13-12(14,15)19-9-3-1-2-8(6-9)10(16)7-11-17-4-5-18-11/h1-3,6,11H,4-5,7H2.